The van der Waals surface area contributed by atoms with Crippen molar-refractivity contribution in [2.75, 3.05) is 19.7 Å². The van der Waals surface area contributed by atoms with Crippen LogP contribution in [0.4, 0.5) is 0 Å². The van der Waals surface area contributed by atoms with Gasteiger partial charge in [0.1, 0.15) is 6.10 Å². The summed E-state index contributed by atoms with van der Waals surface area (Å²) in [6.07, 6.45) is -0.301. The zero-order chi connectivity index (χ0) is 10.1. The summed E-state index contributed by atoms with van der Waals surface area (Å²) in [7, 11) is 0. The molecule has 2 heterocycles. The molecule has 2 saturated heterocycles. The van der Waals surface area contributed by atoms with Gasteiger partial charge < -0.3 is 19.8 Å². The first-order valence-corrected chi connectivity index (χ1v) is 4.95. The number of β-amino-alcohol motifs (C(OH)–C–C–N with tert-alkyl or cyclic N) is 2. The van der Waals surface area contributed by atoms with E-state index in [1.54, 1.807) is 0 Å². The molecule has 2 rings (SSSR count). The number of amides is 1. The Morgan fingerprint density at radius 3 is 2.43 bits per heavy atom. The molecule has 80 valence electrons. The van der Waals surface area contributed by atoms with Crippen LogP contribution in [-0.4, -0.2) is 59.0 Å². The van der Waals surface area contributed by atoms with Gasteiger partial charge in [0, 0.05) is 19.7 Å². The summed E-state index contributed by atoms with van der Waals surface area (Å²) >= 11 is 0. The Hall–Kier alpha value is -0.650. The van der Waals surface area contributed by atoms with Gasteiger partial charge in [0.2, 0.25) is 0 Å². The van der Waals surface area contributed by atoms with Crippen molar-refractivity contribution >= 4 is 5.91 Å². The number of carbonyl (C=O) groups excluding carboxylic acids is 1. The Labute approximate surface area is 82.3 Å². The Morgan fingerprint density at radius 2 is 1.93 bits per heavy atom. The minimum Gasteiger partial charge on any atom is -0.388 e. The summed E-state index contributed by atoms with van der Waals surface area (Å²) in [6.45, 7) is 1.08. The second kappa shape index (κ2) is 3.84. The maximum absolute atomic E-state index is 11.7. The predicted octanol–water partition coefficient (Wildman–Crippen LogP) is -1.27. The predicted molar refractivity (Wildman–Crippen MR) is 47.6 cm³/mol. The smallest absolute Gasteiger partial charge is 0.251 e. The quantitative estimate of drug-likeness (QED) is 0.555. The molecule has 0 aliphatic carbocycles. The number of rotatable bonds is 1. The molecule has 0 aromatic rings. The second-order valence-corrected chi connectivity index (χ2v) is 3.88. The molecular weight excluding hydrogens is 186 g/mol. The molecule has 0 bridgehead atoms. The lowest BCUT2D eigenvalue weighted by Gasteiger charge is -2.19. The molecule has 2 fully saturated rings. The fourth-order valence-corrected chi connectivity index (χ4v) is 1.93. The SMILES string of the molecule is O=C([C@H]1CCCO1)N1CC(O)C(O)C1. The van der Waals surface area contributed by atoms with E-state index in [2.05, 4.69) is 0 Å². The first-order valence-electron chi connectivity index (χ1n) is 4.95. The first-order chi connectivity index (χ1) is 6.68. The highest BCUT2D eigenvalue weighted by Gasteiger charge is 2.36. The Bertz CT molecular complexity index is 217. The third-order valence-electron chi connectivity index (χ3n) is 2.78. The van der Waals surface area contributed by atoms with Crippen molar-refractivity contribution in [1.29, 1.82) is 0 Å². The van der Waals surface area contributed by atoms with Crippen LogP contribution in [0.5, 0.6) is 0 Å². The average molecular weight is 201 g/mol. The third kappa shape index (κ3) is 1.75. The Morgan fingerprint density at radius 1 is 1.29 bits per heavy atom. The number of carbonyl (C=O) groups is 1. The summed E-state index contributed by atoms with van der Waals surface area (Å²) in [5.74, 6) is -0.0990. The highest BCUT2D eigenvalue weighted by Crippen LogP contribution is 2.18. The largest absolute Gasteiger partial charge is 0.388 e. The number of hydrogen-bond donors (Lipinski definition) is 2. The van der Waals surface area contributed by atoms with Gasteiger partial charge in [-0.15, -0.1) is 0 Å². The van der Waals surface area contributed by atoms with Crippen LogP contribution in [0, 0.1) is 0 Å². The molecule has 0 aromatic carbocycles. The summed E-state index contributed by atoms with van der Waals surface area (Å²) in [6, 6.07) is 0. The second-order valence-electron chi connectivity index (χ2n) is 3.88. The van der Waals surface area contributed by atoms with Crippen LogP contribution < -0.4 is 0 Å². The molecule has 5 heteroatoms. The number of aliphatic hydroxyl groups excluding tert-OH is 2. The molecule has 2 aliphatic heterocycles. The monoisotopic (exact) mass is 201 g/mol. The first kappa shape index (κ1) is 9.89. The topological polar surface area (TPSA) is 70.0 Å². The molecule has 2 N–H and O–H groups in total. The van der Waals surface area contributed by atoms with E-state index in [0.29, 0.717) is 6.61 Å². The number of likely N-dealkylation sites (tertiary alicyclic amines) is 1. The minimum absolute atomic E-state index is 0.0990. The fourth-order valence-electron chi connectivity index (χ4n) is 1.93. The van der Waals surface area contributed by atoms with Crippen LogP contribution in [0.1, 0.15) is 12.8 Å². The number of nitrogens with zero attached hydrogens (tertiary/aromatic N) is 1. The fraction of sp³-hybridized carbons (Fsp3) is 0.889. The maximum atomic E-state index is 11.7. The van der Waals surface area contributed by atoms with E-state index in [4.69, 9.17) is 4.74 Å². The van der Waals surface area contributed by atoms with Crippen LogP contribution in [0.25, 0.3) is 0 Å². The van der Waals surface area contributed by atoms with Gasteiger partial charge in [-0.25, -0.2) is 0 Å². The van der Waals surface area contributed by atoms with Crippen LogP contribution in [-0.2, 0) is 9.53 Å². The summed E-state index contributed by atoms with van der Waals surface area (Å²) in [5.41, 5.74) is 0. The van der Waals surface area contributed by atoms with E-state index in [-0.39, 0.29) is 25.1 Å². The van der Waals surface area contributed by atoms with Crippen molar-refractivity contribution in [1.82, 2.24) is 4.90 Å². The van der Waals surface area contributed by atoms with Crippen molar-refractivity contribution in [3.05, 3.63) is 0 Å². The third-order valence-corrected chi connectivity index (χ3v) is 2.78. The van der Waals surface area contributed by atoms with Crippen LogP contribution >= 0.6 is 0 Å². The molecule has 2 aliphatic rings. The molecule has 0 radical (unpaired) electrons. The van der Waals surface area contributed by atoms with Crippen molar-refractivity contribution in [3.63, 3.8) is 0 Å². The van der Waals surface area contributed by atoms with Gasteiger partial charge in [0.15, 0.2) is 0 Å². The van der Waals surface area contributed by atoms with Crippen molar-refractivity contribution in [2.45, 2.75) is 31.2 Å². The van der Waals surface area contributed by atoms with Gasteiger partial charge in [-0.2, -0.15) is 0 Å². The highest BCUT2D eigenvalue weighted by molar-refractivity contribution is 5.81. The van der Waals surface area contributed by atoms with E-state index >= 15 is 0 Å². The summed E-state index contributed by atoms with van der Waals surface area (Å²) in [5, 5.41) is 18.6. The van der Waals surface area contributed by atoms with Crippen LogP contribution in [0.2, 0.25) is 0 Å². The molecule has 3 atom stereocenters. The molecule has 2 unspecified atom stereocenters. The summed E-state index contributed by atoms with van der Waals surface area (Å²) < 4.78 is 5.24. The molecule has 0 spiro atoms. The molecule has 14 heavy (non-hydrogen) atoms. The zero-order valence-corrected chi connectivity index (χ0v) is 7.93. The van der Waals surface area contributed by atoms with Crippen molar-refractivity contribution in [3.8, 4) is 0 Å². The van der Waals surface area contributed by atoms with Gasteiger partial charge in [-0.05, 0) is 12.8 Å². The molecular formula is C9H15NO4. The van der Waals surface area contributed by atoms with E-state index in [1.807, 2.05) is 0 Å². The highest BCUT2D eigenvalue weighted by atomic mass is 16.5. The number of aliphatic hydroxyl groups is 2. The Balaban J connectivity index is 1.92. The average Bonchev–Trinajstić information content (AvgIpc) is 2.76. The van der Waals surface area contributed by atoms with Gasteiger partial charge in [0.05, 0.1) is 12.2 Å². The van der Waals surface area contributed by atoms with E-state index in [1.165, 1.54) is 4.90 Å². The van der Waals surface area contributed by atoms with Crippen LogP contribution in [0.15, 0.2) is 0 Å². The van der Waals surface area contributed by atoms with Crippen LogP contribution in [0.3, 0.4) is 0 Å². The molecule has 0 aromatic heterocycles. The zero-order valence-electron chi connectivity index (χ0n) is 7.93. The molecule has 1 amide bonds. The standard InChI is InChI=1S/C9H15NO4/c11-6-4-10(5-7(6)12)9(13)8-2-1-3-14-8/h6-8,11-12H,1-5H2/t6?,7?,8-/m1/s1. The van der Waals surface area contributed by atoms with Gasteiger partial charge in [0.25, 0.3) is 5.91 Å². The lowest BCUT2D eigenvalue weighted by Crippen LogP contribution is -2.38. The van der Waals surface area contributed by atoms with Crippen molar-refractivity contribution < 1.29 is 19.7 Å². The Kier molecular flexibility index (Phi) is 2.71. The van der Waals surface area contributed by atoms with E-state index in [9.17, 15) is 15.0 Å². The van der Waals surface area contributed by atoms with E-state index < -0.39 is 12.2 Å². The lowest BCUT2D eigenvalue weighted by molar-refractivity contribution is -0.140. The van der Waals surface area contributed by atoms with Gasteiger partial charge >= 0.3 is 0 Å². The minimum atomic E-state index is -0.805. The van der Waals surface area contributed by atoms with Gasteiger partial charge in [-0.3, -0.25) is 4.79 Å². The summed E-state index contributed by atoms with van der Waals surface area (Å²) in [4.78, 5) is 13.2. The van der Waals surface area contributed by atoms with Gasteiger partial charge in [-0.1, -0.05) is 0 Å². The molecule has 0 saturated carbocycles. The number of hydrogen-bond acceptors (Lipinski definition) is 4. The number of ether oxygens (including phenoxy) is 1. The van der Waals surface area contributed by atoms with E-state index in [0.717, 1.165) is 12.8 Å². The molecule has 5 nitrogen and oxygen atoms in total. The van der Waals surface area contributed by atoms with Crippen molar-refractivity contribution in [2.24, 2.45) is 0 Å². The normalized spacial score (nSPS) is 37.9. The lowest BCUT2D eigenvalue weighted by atomic mass is 10.2. The maximum Gasteiger partial charge on any atom is 0.251 e.